The van der Waals surface area contributed by atoms with Gasteiger partial charge in [-0.25, -0.2) is 9.97 Å². The molecule has 1 aromatic heterocycles. The van der Waals surface area contributed by atoms with E-state index in [1.807, 2.05) is 6.92 Å². The summed E-state index contributed by atoms with van der Waals surface area (Å²) in [6.45, 7) is 4.10. The monoisotopic (exact) mass is 338 g/mol. The summed E-state index contributed by atoms with van der Waals surface area (Å²) in [5.74, 6) is 0. The van der Waals surface area contributed by atoms with Crippen molar-refractivity contribution < 1.29 is 4.79 Å². The first-order valence-corrected chi connectivity index (χ1v) is 8.31. The Bertz CT molecular complexity index is 619. The fraction of sp³-hybridized carbons (Fsp3) is 0.471. The maximum atomic E-state index is 11.5. The smallest absolute Gasteiger partial charge is 0.222 e. The van der Waals surface area contributed by atoms with Crippen LogP contribution in [0.4, 0.5) is 0 Å². The molecule has 1 aromatic rings. The highest BCUT2D eigenvalue weighted by atomic mass is 35.5. The Morgan fingerprint density at radius 3 is 2.68 bits per heavy atom. The minimum absolute atomic E-state index is 0.206. The zero-order valence-electron chi connectivity index (χ0n) is 12.9. The van der Waals surface area contributed by atoms with Gasteiger partial charge in [0.15, 0.2) is 0 Å². The second kappa shape index (κ2) is 7.38. The molecule has 0 radical (unpaired) electrons. The van der Waals surface area contributed by atoms with Crippen molar-refractivity contribution >= 4 is 29.5 Å². The summed E-state index contributed by atoms with van der Waals surface area (Å²) in [6, 6.07) is 0. The lowest BCUT2D eigenvalue weighted by Gasteiger charge is -2.17. The normalized spacial score (nSPS) is 17.5. The maximum absolute atomic E-state index is 11.5. The zero-order chi connectivity index (χ0) is 16.2. The summed E-state index contributed by atoms with van der Waals surface area (Å²) in [4.78, 5) is 19.5. The number of halogens is 2. The van der Waals surface area contributed by atoms with E-state index in [1.165, 1.54) is 17.3 Å². The van der Waals surface area contributed by atoms with Crippen LogP contribution in [0.3, 0.4) is 0 Å². The third kappa shape index (κ3) is 3.76. The molecule has 5 heteroatoms. The van der Waals surface area contributed by atoms with E-state index in [0.29, 0.717) is 11.4 Å². The summed E-state index contributed by atoms with van der Waals surface area (Å²) in [7, 11) is 0. The van der Waals surface area contributed by atoms with Gasteiger partial charge in [-0.05, 0) is 61.8 Å². The number of rotatable bonds is 7. The standard InChI is InChI=1S/C17H20Cl2N2O/c1-3-5-13(17(11-22)8-9-17)12(4-2)6-7-15-14(18)10-20-16(19)21-15/h4-5,10-11H,3,6-9H2,1-2H3/b12-4-,13-5+. The molecule has 2 rings (SSSR count). The van der Waals surface area contributed by atoms with E-state index in [-0.39, 0.29) is 10.7 Å². The van der Waals surface area contributed by atoms with Gasteiger partial charge in [-0.1, -0.05) is 30.7 Å². The Morgan fingerprint density at radius 2 is 2.14 bits per heavy atom. The van der Waals surface area contributed by atoms with Crippen LogP contribution in [-0.4, -0.2) is 16.3 Å². The summed E-state index contributed by atoms with van der Waals surface area (Å²) in [5.41, 5.74) is 2.85. The summed E-state index contributed by atoms with van der Waals surface area (Å²) in [6.07, 6.45) is 11.2. The van der Waals surface area contributed by atoms with E-state index in [2.05, 4.69) is 29.0 Å². The lowest BCUT2D eigenvalue weighted by Crippen LogP contribution is -2.10. The van der Waals surface area contributed by atoms with Crippen LogP contribution in [0.1, 0.15) is 45.2 Å². The number of aromatic nitrogens is 2. The van der Waals surface area contributed by atoms with Crippen molar-refractivity contribution in [2.75, 3.05) is 0 Å². The van der Waals surface area contributed by atoms with Gasteiger partial charge >= 0.3 is 0 Å². The van der Waals surface area contributed by atoms with Crippen LogP contribution in [0.5, 0.6) is 0 Å². The first-order chi connectivity index (χ1) is 10.6. The molecule has 0 amide bonds. The van der Waals surface area contributed by atoms with Gasteiger partial charge in [-0.15, -0.1) is 0 Å². The highest BCUT2D eigenvalue weighted by Gasteiger charge is 2.46. The molecule has 0 bridgehead atoms. The Hall–Kier alpha value is -1.19. The second-order valence-electron chi connectivity index (χ2n) is 5.55. The lowest BCUT2D eigenvalue weighted by molar-refractivity contribution is -0.111. The number of carbonyl (C=O) groups is 1. The predicted octanol–water partition coefficient (Wildman–Crippen LogP) is 4.98. The van der Waals surface area contributed by atoms with Crippen molar-refractivity contribution in [3.63, 3.8) is 0 Å². The molecule has 0 unspecified atom stereocenters. The summed E-state index contributed by atoms with van der Waals surface area (Å²) in [5, 5.41) is 0.731. The predicted molar refractivity (Wildman–Crippen MR) is 90.2 cm³/mol. The van der Waals surface area contributed by atoms with Crippen LogP contribution in [0.2, 0.25) is 10.3 Å². The molecular formula is C17H20Cl2N2O. The van der Waals surface area contributed by atoms with Crippen molar-refractivity contribution in [3.8, 4) is 0 Å². The molecule has 0 saturated heterocycles. The van der Waals surface area contributed by atoms with Crippen LogP contribution in [-0.2, 0) is 11.2 Å². The average molecular weight is 339 g/mol. The third-order valence-corrected chi connectivity index (χ3v) is 4.57. The second-order valence-corrected chi connectivity index (χ2v) is 6.29. The molecule has 3 nitrogen and oxygen atoms in total. The molecule has 118 valence electrons. The van der Waals surface area contributed by atoms with E-state index >= 15 is 0 Å². The molecule has 0 atom stereocenters. The number of nitrogens with zero attached hydrogens (tertiary/aromatic N) is 2. The minimum Gasteiger partial charge on any atom is -0.302 e. The largest absolute Gasteiger partial charge is 0.302 e. The van der Waals surface area contributed by atoms with Crippen molar-refractivity contribution in [3.05, 3.63) is 45.5 Å². The van der Waals surface area contributed by atoms with Gasteiger partial charge in [0.05, 0.1) is 22.3 Å². The molecule has 1 aliphatic rings. The molecule has 22 heavy (non-hydrogen) atoms. The fourth-order valence-electron chi connectivity index (χ4n) is 2.68. The highest BCUT2D eigenvalue weighted by molar-refractivity contribution is 6.31. The van der Waals surface area contributed by atoms with Crippen LogP contribution in [0.25, 0.3) is 0 Å². The summed E-state index contributed by atoms with van der Waals surface area (Å²) >= 11 is 11.9. The van der Waals surface area contributed by atoms with Gasteiger partial charge in [-0.2, -0.15) is 0 Å². The Balaban J connectivity index is 2.17. The van der Waals surface area contributed by atoms with E-state index in [0.717, 1.165) is 37.7 Å². The van der Waals surface area contributed by atoms with Gasteiger partial charge in [0, 0.05) is 0 Å². The molecule has 0 N–H and O–H groups in total. The van der Waals surface area contributed by atoms with Crippen LogP contribution in [0.15, 0.2) is 29.5 Å². The van der Waals surface area contributed by atoms with Crippen LogP contribution in [0, 0.1) is 5.41 Å². The van der Waals surface area contributed by atoms with Crippen molar-refractivity contribution in [2.24, 2.45) is 5.41 Å². The van der Waals surface area contributed by atoms with Gasteiger partial charge in [0.2, 0.25) is 5.28 Å². The number of allylic oxidation sites excluding steroid dienone is 4. The Labute approximate surface area is 141 Å². The number of carbonyl (C=O) groups excluding carboxylic acids is 1. The Kier molecular flexibility index (Phi) is 5.76. The van der Waals surface area contributed by atoms with Crippen molar-refractivity contribution in [2.45, 2.75) is 46.0 Å². The van der Waals surface area contributed by atoms with Crippen LogP contribution >= 0.6 is 23.2 Å². The van der Waals surface area contributed by atoms with Gasteiger partial charge in [0.1, 0.15) is 6.29 Å². The molecule has 1 saturated carbocycles. The summed E-state index contributed by atoms with van der Waals surface area (Å²) < 4.78 is 0. The van der Waals surface area contributed by atoms with Gasteiger partial charge < -0.3 is 4.79 Å². The quantitative estimate of drug-likeness (QED) is 0.400. The van der Waals surface area contributed by atoms with Gasteiger partial charge in [-0.3, -0.25) is 0 Å². The van der Waals surface area contributed by atoms with E-state index in [9.17, 15) is 4.79 Å². The number of hydrogen-bond acceptors (Lipinski definition) is 3. The molecule has 0 aromatic carbocycles. The van der Waals surface area contributed by atoms with Crippen LogP contribution < -0.4 is 0 Å². The van der Waals surface area contributed by atoms with Crippen molar-refractivity contribution in [1.29, 1.82) is 0 Å². The highest BCUT2D eigenvalue weighted by Crippen LogP contribution is 2.53. The van der Waals surface area contributed by atoms with E-state index < -0.39 is 0 Å². The molecular weight excluding hydrogens is 319 g/mol. The molecule has 0 aliphatic heterocycles. The average Bonchev–Trinajstić information content (AvgIpc) is 3.31. The first kappa shape index (κ1) is 17.2. The topological polar surface area (TPSA) is 42.9 Å². The molecule has 1 heterocycles. The maximum Gasteiger partial charge on any atom is 0.222 e. The Morgan fingerprint density at radius 1 is 1.41 bits per heavy atom. The SMILES string of the molecule is C/C=C(CCc1nc(Cl)ncc1Cl)\C(=C/CC)C1(C=O)CC1. The molecule has 1 fully saturated rings. The number of hydrogen-bond donors (Lipinski definition) is 0. The third-order valence-electron chi connectivity index (χ3n) is 4.07. The lowest BCUT2D eigenvalue weighted by atomic mass is 9.87. The fourth-order valence-corrected chi connectivity index (χ4v) is 3.02. The first-order valence-electron chi connectivity index (χ1n) is 7.55. The van der Waals surface area contributed by atoms with Crippen molar-refractivity contribution in [1.82, 2.24) is 9.97 Å². The minimum atomic E-state index is -0.259. The number of aldehydes is 1. The van der Waals surface area contributed by atoms with Gasteiger partial charge in [0.25, 0.3) is 0 Å². The molecule has 0 spiro atoms. The van der Waals surface area contributed by atoms with E-state index in [1.54, 1.807) is 0 Å². The van der Waals surface area contributed by atoms with E-state index in [4.69, 9.17) is 23.2 Å². The zero-order valence-corrected chi connectivity index (χ0v) is 14.4. The number of aryl methyl sites for hydroxylation is 1. The molecule has 1 aliphatic carbocycles.